The van der Waals surface area contributed by atoms with E-state index in [1.54, 1.807) is 0 Å². The molecule has 4 heteroatoms. The molecule has 0 aromatic heterocycles. The number of ether oxygens (including phenoxy) is 2. The smallest absolute Gasteiger partial charge is 0.334 e. The number of rotatable bonds is 6. The van der Waals surface area contributed by atoms with Crippen LogP contribution in [0.15, 0.2) is 23.3 Å². The summed E-state index contributed by atoms with van der Waals surface area (Å²) in [7, 11) is 0. The summed E-state index contributed by atoms with van der Waals surface area (Å²) < 4.78 is 9.92. The largest absolute Gasteiger partial charge is 0.459 e. The summed E-state index contributed by atoms with van der Waals surface area (Å²) >= 11 is 0. The summed E-state index contributed by atoms with van der Waals surface area (Å²) in [5.41, 5.74) is 1.69. The van der Waals surface area contributed by atoms with Gasteiger partial charge in [0.25, 0.3) is 0 Å². The van der Waals surface area contributed by atoms with Crippen LogP contribution in [-0.4, -0.2) is 24.1 Å². The number of hydrogen-bond acceptors (Lipinski definition) is 4. The molecule has 2 saturated heterocycles. The number of unbranched alkanes of at least 4 members (excludes halogenated alkanes) is 5. The third-order valence-corrected chi connectivity index (χ3v) is 4.20. The van der Waals surface area contributed by atoms with Crippen molar-refractivity contribution in [1.82, 2.24) is 0 Å². The van der Waals surface area contributed by atoms with Crippen LogP contribution in [0.1, 0.15) is 79.1 Å². The van der Waals surface area contributed by atoms with Crippen molar-refractivity contribution in [3.05, 3.63) is 23.3 Å². The van der Waals surface area contributed by atoms with Crippen molar-refractivity contribution in [3.63, 3.8) is 0 Å². The van der Waals surface area contributed by atoms with E-state index in [0.717, 1.165) is 30.4 Å². The monoisotopic (exact) mass is 336 g/mol. The third-order valence-electron chi connectivity index (χ3n) is 4.20. The predicted molar refractivity (Wildman–Crippen MR) is 95.6 cm³/mol. The molecule has 136 valence electrons. The van der Waals surface area contributed by atoms with E-state index in [2.05, 4.69) is 13.0 Å². The van der Waals surface area contributed by atoms with Crippen molar-refractivity contribution < 1.29 is 19.1 Å². The molecule has 2 aliphatic heterocycles. The average molecular weight is 336 g/mol. The van der Waals surface area contributed by atoms with Crippen molar-refractivity contribution in [3.8, 4) is 0 Å². The Balaban J connectivity index is 0.000000272. The van der Waals surface area contributed by atoms with Crippen LogP contribution < -0.4 is 0 Å². The zero-order chi connectivity index (χ0) is 17.9. The average Bonchev–Trinajstić information content (AvgIpc) is 3.04. The molecule has 2 unspecified atom stereocenters. The quantitative estimate of drug-likeness (QED) is 0.394. The maximum absolute atomic E-state index is 11.3. The number of hydrogen-bond donors (Lipinski definition) is 0. The molecular formula is C20H32O4. The lowest BCUT2D eigenvalue weighted by atomic mass is 10.1. The van der Waals surface area contributed by atoms with Crippen LogP contribution in [-0.2, 0) is 19.1 Å². The molecule has 0 saturated carbocycles. The number of allylic oxidation sites excluding steroid dienone is 2. The summed E-state index contributed by atoms with van der Waals surface area (Å²) in [6.45, 7) is 7.92. The zero-order valence-corrected chi connectivity index (χ0v) is 15.6. The van der Waals surface area contributed by atoms with Crippen molar-refractivity contribution >= 4 is 11.9 Å². The number of carbonyl (C=O) groups excluding carboxylic acids is 2. The van der Waals surface area contributed by atoms with Gasteiger partial charge >= 0.3 is 11.9 Å². The summed E-state index contributed by atoms with van der Waals surface area (Å²) in [4.78, 5) is 22.0. The van der Waals surface area contributed by atoms with Crippen LogP contribution in [0.4, 0.5) is 0 Å². The highest BCUT2D eigenvalue weighted by Crippen LogP contribution is 2.21. The fourth-order valence-corrected chi connectivity index (χ4v) is 2.81. The Morgan fingerprint density at radius 3 is 1.88 bits per heavy atom. The lowest BCUT2D eigenvalue weighted by Crippen LogP contribution is -1.99. The molecule has 2 heterocycles. The minimum atomic E-state index is -0.148. The highest BCUT2D eigenvalue weighted by molar-refractivity contribution is 5.90. The van der Waals surface area contributed by atoms with E-state index < -0.39 is 0 Å². The predicted octanol–water partition coefficient (Wildman–Crippen LogP) is 4.88. The SMILES string of the molecule is CC=C1CC(C)OC1=O.CCCCCCCC=C1CC(C)OC1=O. The highest BCUT2D eigenvalue weighted by Gasteiger charge is 2.24. The number of carbonyl (C=O) groups is 2. The Bertz CT molecular complexity index is 476. The Morgan fingerprint density at radius 2 is 1.46 bits per heavy atom. The molecule has 0 amide bonds. The van der Waals surface area contributed by atoms with Crippen molar-refractivity contribution in [2.75, 3.05) is 0 Å². The van der Waals surface area contributed by atoms with Gasteiger partial charge in [-0.25, -0.2) is 9.59 Å². The molecule has 2 aliphatic rings. The Hall–Kier alpha value is -1.58. The minimum absolute atomic E-state index is 0.0868. The van der Waals surface area contributed by atoms with Gasteiger partial charge in [-0.15, -0.1) is 0 Å². The van der Waals surface area contributed by atoms with Gasteiger partial charge in [-0.1, -0.05) is 44.8 Å². The van der Waals surface area contributed by atoms with Gasteiger partial charge in [0.1, 0.15) is 12.2 Å². The Labute approximate surface area is 146 Å². The molecule has 2 atom stereocenters. The fourth-order valence-electron chi connectivity index (χ4n) is 2.81. The van der Waals surface area contributed by atoms with Gasteiger partial charge < -0.3 is 9.47 Å². The molecule has 2 fully saturated rings. The molecule has 24 heavy (non-hydrogen) atoms. The Morgan fingerprint density at radius 1 is 0.917 bits per heavy atom. The van der Waals surface area contributed by atoms with Crippen LogP contribution >= 0.6 is 0 Å². The first kappa shape index (κ1) is 20.5. The maximum Gasteiger partial charge on any atom is 0.334 e. The van der Waals surface area contributed by atoms with Crippen LogP contribution in [0.2, 0.25) is 0 Å². The van der Waals surface area contributed by atoms with E-state index in [9.17, 15) is 9.59 Å². The summed E-state index contributed by atoms with van der Waals surface area (Å²) in [6, 6.07) is 0. The molecule has 0 aliphatic carbocycles. The van der Waals surface area contributed by atoms with Gasteiger partial charge in [0.2, 0.25) is 0 Å². The fraction of sp³-hybridized carbons (Fsp3) is 0.700. The molecule has 0 spiro atoms. The highest BCUT2D eigenvalue weighted by atomic mass is 16.6. The van der Waals surface area contributed by atoms with Crippen molar-refractivity contribution in [2.45, 2.75) is 91.3 Å². The summed E-state index contributed by atoms with van der Waals surface area (Å²) in [5, 5.41) is 0. The normalized spacial score (nSPS) is 26.3. The first-order valence-corrected chi connectivity index (χ1v) is 9.24. The number of cyclic esters (lactones) is 2. The van der Waals surface area contributed by atoms with Gasteiger partial charge in [-0.2, -0.15) is 0 Å². The van der Waals surface area contributed by atoms with Gasteiger partial charge in [0.15, 0.2) is 0 Å². The lowest BCUT2D eigenvalue weighted by Gasteiger charge is -1.96. The third kappa shape index (κ3) is 7.33. The second-order valence-corrected chi connectivity index (χ2v) is 6.59. The molecule has 0 aromatic rings. The number of esters is 2. The van der Waals surface area contributed by atoms with Crippen LogP contribution in [0.5, 0.6) is 0 Å². The lowest BCUT2D eigenvalue weighted by molar-refractivity contribution is -0.139. The zero-order valence-electron chi connectivity index (χ0n) is 15.6. The standard InChI is InChI=1S/C13H22O2.C7H10O2/c1-3-4-5-6-7-8-9-12-10-11(2)15-13(12)14;1-3-6-4-5(2)9-7(6)8/h9,11H,3-8,10H2,1-2H3;3,5H,4H2,1-2H3. The second kappa shape index (κ2) is 11.1. The first-order chi connectivity index (χ1) is 11.5. The van der Waals surface area contributed by atoms with Gasteiger partial charge in [-0.3, -0.25) is 0 Å². The topological polar surface area (TPSA) is 52.6 Å². The van der Waals surface area contributed by atoms with E-state index >= 15 is 0 Å². The molecule has 0 N–H and O–H groups in total. The van der Waals surface area contributed by atoms with Gasteiger partial charge in [0.05, 0.1) is 0 Å². The van der Waals surface area contributed by atoms with E-state index in [4.69, 9.17) is 9.47 Å². The Kier molecular flexibility index (Phi) is 9.43. The van der Waals surface area contributed by atoms with Gasteiger partial charge in [0, 0.05) is 24.0 Å². The van der Waals surface area contributed by atoms with Gasteiger partial charge in [-0.05, 0) is 33.6 Å². The molecular weight excluding hydrogens is 304 g/mol. The van der Waals surface area contributed by atoms with E-state index in [1.807, 2.05) is 26.8 Å². The van der Waals surface area contributed by atoms with Crippen LogP contribution in [0.3, 0.4) is 0 Å². The first-order valence-electron chi connectivity index (χ1n) is 9.24. The molecule has 0 radical (unpaired) electrons. The van der Waals surface area contributed by atoms with E-state index in [-0.39, 0.29) is 24.1 Å². The summed E-state index contributed by atoms with van der Waals surface area (Å²) in [5.74, 6) is -0.249. The molecule has 0 aromatic carbocycles. The van der Waals surface area contributed by atoms with Crippen LogP contribution in [0, 0.1) is 0 Å². The van der Waals surface area contributed by atoms with Crippen LogP contribution in [0.25, 0.3) is 0 Å². The van der Waals surface area contributed by atoms with E-state index in [1.165, 1.54) is 32.1 Å². The second-order valence-electron chi connectivity index (χ2n) is 6.59. The maximum atomic E-state index is 11.3. The van der Waals surface area contributed by atoms with Crippen molar-refractivity contribution in [2.24, 2.45) is 0 Å². The molecule has 2 rings (SSSR count). The summed E-state index contributed by atoms with van der Waals surface area (Å²) in [6.07, 6.45) is 13.1. The molecule has 0 bridgehead atoms. The molecule has 4 nitrogen and oxygen atoms in total. The minimum Gasteiger partial charge on any atom is -0.459 e. The van der Waals surface area contributed by atoms with Crippen molar-refractivity contribution in [1.29, 1.82) is 0 Å². The van der Waals surface area contributed by atoms with E-state index in [0.29, 0.717) is 0 Å².